The molecular weight excluding hydrogens is 450 g/mol. The highest BCUT2D eigenvalue weighted by Crippen LogP contribution is 2.35. The van der Waals surface area contributed by atoms with Gasteiger partial charge in [0, 0.05) is 16.2 Å². The van der Waals surface area contributed by atoms with Crippen molar-refractivity contribution in [1.82, 2.24) is 9.97 Å². The van der Waals surface area contributed by atoms with Crippen LogP contribution < -0.4 is 9.64 Å². The second-order valence-electron chi connectivity index (χ2n) is 6.26. The summed E-state index contributed by atoms with van der Waals surface area (Å²) < 4.78 is 7.54. The van der Waals surface area contributed by atoms with Crippen molar-refractivity contribution in [2.75, 3.05) is 11.5 Å². The molecule has 0 aliphatic carbocycles. The minimum Gasteiger partial charge on any atom is -0.492 e. The van der Waals surface area contributed by atoms with E-state index in [1.807, 2.05) is 61.5 Å². The molecular formula is C22H18BrN3O2S. The number of carbonyl (C=O) groups excluding carboxylic acids is 1. The van der Waals surface area contributed by atoms with Crippen molar-refractivity contribution in [2.45, 2.75) is 13.5 Å². The number of amides is 1. The first-order valence-corrected chi connectivity index (χ1v) is 10.8. The van der Waals surface area contributed by atoms with Crippen LogP contribution >= 0.6 is 27.3 Å². The van der Waals surface area contributed by atoms with E-state index in [0.29, 0.717) is 23.8 Å². The third kappa shape index (κ3) is 4.31. The van der Waals surface area contributed by atoms with Crippen LogP contribution in [-0.2, 0) is 6.54 Å². The summed E-state index contributed by atoms with van der Waals surface area (Å²) in [6.07, 6.45) is 1.72. The van der Waals surface area contributed by atoms with Gasteiger partial charge in [-0.05, 0) is 49.4 Å². The van der Waals surface area contributed by atoms with Crippen LogP contribution in [0.5, 0.6) is 5.75 Å². The van der Waals surface area contributed by atoms with Crippen LogP contribution in [0.1, 0.15) is 23.0 Å². The summed E-state index contributed by atoms with van der Waals surface area (Å²) in [6.45, 7) is 2.83. The second kappa shape index (κ2) is 8.71. The van der Waals surface area contributed by atoms with Gasteiger partial charge in [-0.3, -0.25) is 14.7 Å². The zero-order valence-corrected chi connectivity index (χ0v) is 18.1. The Bertz CT molecular complexity index is 1150. The lowest BCUT2D eigenvalue weighted by Gasteiger charge is -2.19. The number of anilines is 1. The van der Waals surface area contributed by atoms with Crippen molar-refractivity contribution >= 4 is 48.5 Å². The molecule has 7 heteroatoms. The lowest BCUT2D eigenvalue weighted by Crippen LogP contribution is -2.30. The van der Waals surface area contributed by atoms with Crippen molar-refractivity contribution in [3.05, 3.63) is 82.6 Å². The van der Waals surface area contributed by atoms with Crippen molar-refractivity contribution in [3.63, 3.8) is 0 Å². The summed E-state index contributed by atoms with van der Waals surface area (Å²) in [5.74, 6) is 0.592. The number of halogens is 1. The Hall–Kier alpha value is -2.77. The van der Waals surface area contributed by atoms with E-state index in [1.165, 1.54) is 11.3 Å². The van der Waals surface area contributed by atoms with Gasteiger partial charge in [-0.25, -0.2) is 4.98 Å². The molecule has 4 rings (SSSR count). The highest BCUT2D eigenvalue weighted by atomic mass is 79.9. The van der Waals surface area contributed by atoms with E-state index in [1.54, 1.807) is 17.2 Å². The van der Waals surface area contributed by atoms with E-state index < -0.39 is 0 Å². The summed E-state index contributed by atoms with van der Waals surface area (Å²) in [5, 5.41) is 0.614. The van der Waals surface area contributed by atoms with E-state index in [9.17, 15) is 4.79 Å². The van der Waals surface area contributed by atoms with Gasteiger partial charge in [-0.1, -0.05) is 45.5 Å². The first-order chi connectivity index (χ1) is 14.2. The van der Waals surface area contributed by atoms with Crippen LogP contribution in [-0.4, -0.2) is 22.5 Å². The summed E-state index contributed by atoms with van der Waals surface area (Å²) in [6, 6.07) is 18.9. The monoisotopic (exact) mass is 467 g/mol. The Morgan fingerprint density at radius 1 is 1.14 bits per heavy atom. The lowest BCUT2D eigenvalue weighted by atomic mass is 10.2. The Labute approximate surface area is 181 Å². The molecule has 0 unspecified atom stereocenters. The fraction of sp³-hybridized carbons (Fsp3) is 0.136. The molecule has 2 aromatic heterocycles. The van der Waals surface area contributed by atoms with Gasteiger partial charge in [0.15, 0.2) is 5.13 Å². The molecule has 2 aromatic carbocycles. The van der Waals surface area contributed by atoms with Crippen LogP contribution in [0.2, 0.25) is 0 Å². The average Bonchev–Trinajstić information content (AvgIpc) is 3.17. The van der Waals surface area contributed by atoms with Crippen molar-refractivity contribution < 1.29 is 9.53 Å². The maximum absolute atomic E-state index is 13.4. The standard InChI is InChI=1S/C22H18BrN3O2S/c1-2-28-18-10-6-11-19-20(18)25-22(29-19)26(14-17-9-3-4-12-24-17)21(27)15-7-5-8-16(23)13-15/h3-13H,2,14H2,1H3. The smallest absolute Gasteiger partial charge is 0.260 e. The summed E-state index contributed by atoms with van der Waals surface area (Å²) in [7, 11) is 0. The number of para-hydroxylation sites is 1. The number of rotatable bonds is 6. The molecule has 0 radical (unpaired) electrons. The molecule has 2 heterocycles. The van der Waals surface area contributed by atoms with E-state index in [4.69, 9.17) is 9.72 Å². The number of aromatic nitrogens is 2. The molecule has 0 saturated carbocycles. The maximum Gasteiger partial charge on any atom is 0.260 e. The minimum absolute atomic E-state index is 0.131. The first kappa shape index (κ1) is 19.5. The third-order valence-corrected chi connectivity index (χ3v) is 5.80. The first-order valence-electron chi connectivity index (χ1n) is 9.15. The fourth-order valence-corrected chi connectivity index (χ4v) is 4.34. The number of nitrogens with zero attached hydrogens (tertiary/aromatic N) is 3. The highest BCUT2D eigenvalue weighted by molar-refractivity contribution is 9.10. The predicted molar refractivity (Wildman–Crippen MR) is 120 cm³/mol. The van der Waals surface area contributed by atoms with E-state index in [0.717, 1.165) is 26.1 Å². The van der Waals surface area contributed by atoms with E-state index in [-0.39, 0.29) is 5.91 Å². The number of fused-ring (bicyclic) bond motifs is 1. The van der Waals surface area contributed by atoms with Crippen LogP contribution in [0.15, 0.2) is 71.3 Å². The molecule has 0 N–H and O–H groups in total. The Morgan fingerprint density at radius 2 is 2.00 bits per heavy atom. The third-order valence-electron chi connectivity index (χ3n) is 4.26. The Morgan fingerprint density at radius 3 is 2.76 bits per heavy atom. The van der Waals surface area contributed by atoms with Gasteiger partial charge < -0.3 is 4.74 Å². The largest absolute Gasteiger partial charge is 0.492 e. The van der Waals surface area contributed by atoms with Crippen LogP contribution in [0, 0.1) is 0 Å². The molecule has 1 amide bonds. The number of thiazole rings is 1. The van der Waals surface area contributed by atoms with Crippen LogP contribution in [0.25, 0.3) is 10.2 Å². The summed E-state index contributed by atoms with van der Waals surface area (Å²) in [4.78, 5) is 24.2. The zero-order valence-electron chi connectivity index (χ0n) is 15.7. The van der Waals surface area contributed by atoms with Gasteiger partial charge >= 0.3 is 0 Å². The number of pyridine rings is 1. The molecule has 0 bridgehead atoms. The van der Waals surface area contributed by atoms with Crippen LogP contribution in [0.3, 0.4) is 0 Å². The number of benzene rings is 2. The zero-order chi connectivity index (χ0) is 20.2. The van der Waals surface area contributed by atoms with Gasteiger partial charge in [-0.15, -0.1) is 0 Å². The van der Waals surface area contributed by atoms with E-state index in [2.05, 4.69) is 20.9 Å². The molecule has 0 atom stereocenters. The lowest BCUT2D eigenvalue weighted by molar-refractivity contribution is 0.0984. The van der Waals surface area contributed by atoms with Crippen molar-refractivity contribution in [2.24, 2.45) is 0 Å². The normalized spacial score (nSPS) is 10.8. The van der Waals surface area contributed by atoms with Crippen molar-refractivity contribution in [1.29, 1.82) is 0 Å². The molecule has 0 aliphatic heterocycles. The van der Waals surface area contributed by atoms with Crippen LogP contribution in [0.4, 0.5) is 5.13 Å². The predicted octanol–water partition coefficient (Wildman–Crippen LogP) is 5.70. The molecule has 0 aliphatic rings. The van der Waals surface area contributed by atoms with Gasteiger partial charge in [0.1, 0.15) is 11.3 Å². The number of hydrogen-bond acceptors (Lipinski definition) is 5. The Kier molecular flexibility index (Phi) is 5.87. The molecule has 4 aromatic rings. The topological polar surface area (TPSA) is 55.3 Å². The number of ether oxygens (including phenoxy) is 1. The summed E-state index contributed by atoms with van der Waals surface area (Å²) in [5.41, 5.74) is 2.14. The highest BCUT2D eigenvalue weighted by Gasteiger charge is 2.23. The molecule has 0 spiro atoms. The fourth-order valence-electron chi connectivity index (χ4n) is 2.96. The van der Waals surface area contributed by atoms with Gasteiger partial charge in [0.2, 0.25) is 0 Å². The molecule has 0 saturated heterocycles. The van der Waals surface area contributed by atoms with Gasteiger partial charge in [0.25, 0.3) is 5.91 Å². The average molecular weight is 468 g/mol. The number of carbonyl (C=O) groups is 1. The summed E-state index contributed by atoms with van der Waals surface area (Å²) >= 11 is 4.91. The van der Waals surface area contributed by atoms with E-state index >= 15 is 0 Å². The number of hydrogen-bond donors (Lipinski definition) is 0. The quantitative estimate of drug-likeness (QED) is 0.364. The molecule has 5 nitrogen and oxygen atoms in total. The Balaban J connectivity index is 1.78. The maximum atomic E-state index is 13.4. The second-order valence-corrected chi connectivity index (χ2v) is 8.18. The van der Waals surface area contributed by atoms with Gasteiger partial charge in [-0.2, -0.15) is 0 Å². The molecule has 146 valence electrons. The molecule has 29 heavy (non-hydrogen) atoms. The molecule has 0 fully saturated rings. The van der Waals surface area contributed by atoms with Gasteiger partial charge in [0.05, 0.1) is 23.5 Å². The minimum atomic E-state index is -0.131. The SMILES string of the molecule is CCOc1cccc2sc(N(Cc3ccccn3)C(=O)c3cccc(Br)c3)nc12. The van der Waals surface area contributed by atoms with Crippen molar-refractivity contribution in [3.8, 4) is 5.75 Å².